The Labute approximate surface area is 146 Å². The maximum absolute atomic E-state index is 11.7. The highest BCUT2D eigenvalue weighted by Crippen LogP contribution is 2.40. The molecule has 128 valence electrons. The average Bonchev–Trinajstić information content (AvgIpc) is 2.75. The number of fused-ring (bicyclic) bond motifs is 3. The first-order valence-corrected chi connectivity index (χ1v) is 9.78. The Bertz CT molecular complexity index is 785. The molecule has 2 aliphatic rings. The van der Waals surface area contributed by atoms with Gasteiger partial charge in [0.1, 0.15) is 16.5 Å². The predicted molar refractivity (Wildman–Crippen MR) is 97.5 cm³/mol. The van der Waals surface area contributed by atoms with Crippen molar-refractivity contribution < 1.29 is 4.79 Å². The Hall–Kier alpha value is -1.69. The molecule has 3 heterocycles. The molecule has 1 unspecified atom stereocenters. The van der Waals surface area contributed by atoms with E-state index in [0.717, 1.165) is 42.3 Å². The fourth-order valence-electron chi connectivity index (χ4n) is 4.05. The molecule has 1 fully saturated rings. The van der Waals surface area contributed by atoms with E-state index in [4.69, 9.17) is 15.7 Å². The number of rotatable bonds is 2. The van der Waals surface area contributed by atoms with Crippen molar-refractivity contribution in [2.75, 3.05) is 18.0 Å². The summed E-state index contributed by atoms with van der Waals surface area (Å²) in [7, 11) is 0. The maximum atomic E-state index is 11.7. The van der Waals surface area contributed by atoms with Crippen LogP contribution in [0.5, 0.6) is 0 Å². The molecule has 0 bridgehead atoms. The third kappa shape index (κ3) is 2.77. The number of hydrogen-bond donors (Lipinski definition) is 1. The molecule has 2 aromatic rings. The highest BCUT2D eigenvalue weighted by atomic mass is 32.1. The molecule has 0 radical (unpaired) electrons. The SMILES string of the molecule is Cc1nc(N2CCCC(C(N)=O)C2)c2c3c(sc2n1)CCCCC3. The zero-order valence-corrected chi connectivity index (χ0v) is 15.0. The number of thiophene rings is 1. The van der Waals surface area contributed by atoms with E-state index in [-0.39, 0.29) is 11.8 Å². The van der Waals surface area contributed by atoms with E-state index in [0.29, 0.717) is 6.54 Å². The monoisotopic (exact) mass is 344 g/mol. The molecule has 4 rings (SSSR count). The van der Waals surface area contributed by atoms with Crippen molar-refractivity contribution in [3.63, 3.8) is 0 Å². The average molecular weight is 344 g/mol. The van der Waals surface area contributed by atoms with Crippen LogP contribution in [0.3, 0.4) is 0 Å². The van der Waals surface area contributed by atoms with Crippen molar-refractivity contribution in [3.8, 4) is 0 Å². The van der Waals surface area contributed by atoms with Gasteiger partial charge in [0.2, 0.25) is 5.91 Å². The zero-order chi connectivity index (χ0) is 16.7. The van der Waals surface area contributed by atoms with Gasteiger partial charge in [-0.25, -0.2) is 9.97 Å². The minimum Gasteiger partial charge on any atom is -0.369 e. The van der Waals surface area contributed by atoms with Crippen LogP contribution in [0.15, 0.2) is 0 Å². The van der Waals surface area contributed by atoms with E-state index < -0.39 is 0 Å². The highest BCUT2D eigenvalue weighted by molar-refractivity contribution is 7.19. The molecule has 24 heavy (non-hydrogen) atoms. The van der Waals surface area contributed by atoms with Crippen LogP contribution in [-0.2, 0) is 17.6 Å². The first-order valence-electron chi connectivity index (χ1n) is 8.96. The van der Waals surface area contributed by atoms with Crippen molar-refractivity contribution in [1.29, 1.82) is 0 Å². The lowest BCUT2D eigenvalue weighted by atomic mass is 9.97. The molecule has 0 spiro atoms. The molecule has 1 saturated heterocycles. The van der Waals surface area contributed by atoms with E-state index in [1.165, 1.54) is 41.5 Å². The number of anilines is 1. The van der Waals surface area contributed by atoms with Crippen LogP contribution in [-0.4, -0.2) is 29.0 Å². The van der Waals surface area contributed by atoms with Crippen LogP contribution >= 0.6 is 11.3 Å². The fourth-order valence-corrected chi connectivity index (χ4v) is 5.35. The number of nitrogens with zero attached hydrogens (tertiary/aromatic N) is 3. The molecule has 1 aliphatic carbocycles. The van der Waals surface area contributed by atoms with Crippen molar-refractivity contribution >= 4 is 33.3 Å². The molecule has 2 aromatic heterocycles. The van der Waals surface area contributed by atoms with Gasteiger partial charge in [-0.2, -0.15) is 0 Å². The standard InChI is InChI=1S/C18H24N4OS/c1-11-20-17(22-9-5-6-12(10-22)16(19)23)15-13-7-3-2-4-8-14(13)24-18(15)21-11/h12H,2-10H2,1H3,(H2,19,23). The van der Waals surface area contributed by atoms with E-state index >= 15 is 0 Å². The van der Waals surface area contributed by atoms with Gasteiger partial charge in [-0.05, 0) is 51.0 Å². The fraction of sp³-hybridized carbons (Fsp3) is 0.611. The Morgan fingerprint density at radius 3 is 2.88 bits per heavy atom. The Balaban J connectivity index is 1.82. The molecule has 6 heteroatoms. The largest absolute Gasteiger partial charge is 0.369 e. The number of nitrogens with two attached hydrogens (primary N) is 1. The number of primary amides is 1. The molecule has 5 nitrogen and oxygen atoms in total. The molecular weight excluding hydrogens is 320 g/mol. The molecule has 1 aliphatic heterocycles. The van der Waals surface area contributed by atoms with Gasteiger partial charge in [0.25, 0.3) is 0 Å². The number of aryl methyl sites for hydroxylation is 3. The molecular formula is C18H24N4OS. The van der Waals surface area contributed by atoms with Crippen molar-refractivity contribution in [2.24, 2.45) is 11.7 Å². The Morgan fingerprint density at radius 2 is 2.04 bits per heavy atom. The van der Waals surface area contributed by atoms with Crippen LogP contribution in [0.4, 0.5) is 5.82 Å². The molecule has 1 amide bonds. The number of carbonyl (C=O) groups is 1. The summed E-state index contributed by atoms with van der Waals surface area (Å²) < 4.78 is 0. The second kappa shape index (κ2) is 6.31. The number of piperidine rings is 1. The smallest absolute Gasteiger partial charge is 0.222 e. The number of aromatic nitrogens is 2. The minimum absolute atomic E-state index is 0.0682. The summed E-state index contributed by atoms with van der Waals surface area (Å²) in [5.74, 6) is 1.59. The lowest BCUT2D eigenvalue weighted by Gasteiger charge is -2.32. The second-order valence-electron chi connectivity index (χ2n) is 7.03. The van der Waals surface area contributed by atoms with E-state index in [1.807, 2.05) is 18.3 Å². The summed E-state index contributed by atoms with van der Waals surface area (Å²) in [6.45, 7) is 3.59. The number of carbonyl (C=O) groups excluding carboxylic acids is 1. The predicted octanol–water partition coefficient (Wildman–Crippen LogP) is 2.97. The van der Waals surface area contributed by atoms with Crippen LogP contribution in [0.25, 0.3) is 10.2 Å². The maximum Gasteiger partial charge on any atom is 0.222 e. The summed E-state index contributed by atoms with van der Waals surface area (Å²) in [5, 5.41) is 1.24. The van der Waals surface area contributed by atoms with E-state index in [1.54, 1.807) is 0 Å². The first-order chi connectivity index (χ1) is 11.6. The Morgan fingerprint density at radius 1 is 1.21 bits per heavy atom. The van der Waals surface area contributed by atoms with Gasteiger partial charge < -0.3 is 10.6 Å². The molecule has 2 N–H and O–H groups in total. The normalized spacial score (nSPS) is 21.5. The quantitative estimate of drug-likeness (QED) is 0.850. The van der Waals surface area contributed by atoms with Gasteiger partial charge in [-0.15, -0.1) is 11.3 Å². The van der Waals surface area contributed by atoms with Crippen LogP contribution in [0.1, 0.15) is 48.4 Å². The topological polar surface area (TPSA) is 72.1 Å². The van der Waals surface area contributed by atoms with Crippen molar-refractivity contribution in [3.05, 3.63) is 16.3 Å². The summed E-state index contributed by atoms with van der Waals surface area (Å²) in [4.78, 5) is 26.0. The lowest BCUT2D eigenvalue weighted by Crippen LogP contribution is -2.41. The zero-order valence-electron chi connectivity index (χ0n) is 14.2. The van der Waals surface area contributed by atoms with Gasteiger partial charge in [-0.3, -0.25) is 4.79 Å². The van der Waals surface area contributed by atoms with Crippen LogP contribution in [0, 0.1) is 12.8 Å². The van der Waals surface area contributed by atoms with Crippen molar-refractivity contribution in [2.45, 2.75) is 51.9 Å². The minimum atomic E-state index is -0.189. The summed E-state index contributed by atoms with van der Waals surface area (Å²) >= 11 is 1.84. The van der Waals surface area contributed by atoms with E-state index in [2.05, 4.69) is 4.90 Å². The van der Waals surface area contributed by atoms with Gasteiger partial charge >= 0.3 is 0 Å². The highest BCUT2D eigenvalue weighted by Gasteiger charge is 2.28. The summed E-state index contributed by atoms with van der Waals surface area (Å²) in [6, 6.07) is 0. The number of hydrogen-bond acceptors (Lipinski definition) is 5. The van der Waals surface area contributed by atoms with Crippen LogP contribution in [0.2, 0.25) is 0 Å². The van der Waals surface area contributed by atoms with Gasteiger partial charge in [0.05, 0.1) is 11.3 Å². The first kappa shape index (κ1) is 15.8. The van der Waals surface area contributed by atoms with Crippen molar-refractivity contribution in [1.82, 2.24) is 9.97 Å². The summed E-state index contributed by atoms with van der Waals surface area (Å²) in [6.07, 6.45) is 8.00. The third-order valence-electron chi connectivity index (χ3n) is 5.28. The molecule has 0 saturated carbocycles. The van der Waals surface area contributed by atoms with Gasteiger partial charge in [-0.1, -0.05) is 6.42 Å². The van der Waals surface area contributed by atoms with E-state index in [9.17, 15) is 4.79 Å². The number of amides is 1. The van der Waals surface area contributed by atoms with Gasteiger partial charge in [0, 0.05) is 18.0 Å². The third-order valence-corrected chi connectivity index (χ3v) is 6.47. The lowest BCUT2D eigenvalue weighted by molar-refractivity contribution is -0.122. The second-order valence-corrected chi connectivity index (χ2v) is 8.11. The molecule has 0 aromatic carbocycles. The summed E-state index contributed by atoms with van der Waals surface area (Å²) in [5.41, 5.74) is 7.03. The molecule has 1 atom stereocenters. The Kier molecular flexibility index (Phi) is 4.16. The van der Waals surface area contributed by atoms with Crippen LogP contribution < -0.4 is 10.6 Å². The van der Waals surface area contributed by atoms with Gasteiger partial charge in [0.15, 0.2) is 0 Å².